The van der Waals surface area contributed by atoms with Crippen molar-refractivity contribution in [2.75, 3.05) is 19.5 Å². The number of carbonyl (C=O) groups excluding carboxylic acids is 1. The Morgan fingerprint density at radius 1 is 1.03 bits per heavy atom. The molecule has 31 heavy (non-hydrogen) atoms. The molecule has 0 spiro atoms. The Bertz CT molecular complexity index is 1030. The molecule has 3 aromatic carbocycles. The van der Waals surface area contributed by atoms with Crippen LogP contribution in [0.2, 0.25) is 0 Å². The van der Waals surface area contributed by atoms with Gasteiger partial charge in [0.2, 0.25) is 0 Å². The summed E-state index contributed by atoms with van der Waals surface area (Å²) < 4.78 is 56.6. The van der Waals surface area contributed by atoms with E-state index >= 15 is 0 Å². The molecule has 164 valence electrons. The van der Waals surface area contributed by atoms with Gasteiger partial charge in [-0.1, -0.05) is 30.3 Å². The number of ether oxygens (including phenoxy) is 1. The van der Waals surface area contributed by atoms with E-state index < -0.39 is 17.6 Å². The minimum absolute atomic E-state index is 0.119. The molecule has 0 aromatic heterocycles. The number of aldehydes is 1. The van der Waals surface area contributed by atoms with E-state index in [4.69, 9.17) is 9.88 Å². The summed E-state index contributed by atoms with van der Waals surface area (Å²) in [6, 6.07) is 13.9. The highest BCUT2D eigenvalue weighted by atomic mass is 32.2. The van der Waals surface area contributed by atoms with E-state index in [1.54, 1.807) is 7.11 Å². The topological polar surface area (TPSA) is 64.3 Å². The maximum absolute atomic E-state index is 13.0. The molecular formula is C22H20F4N2O2S. The number of halogens is 4. The van der Waals surface area contributed by atoms with Crippen LogP contribution in [0.5, 0.6) is 5.75 Å². The fourth-order valence-corrected chi connectivity index (χ4v) is 3.07. The van der Waals surface area contributed by atoms with Crippen molar-refractivity contribution >= 4 is 23.9 Å². The summed E-state index contributed by atoms with van der Waals surface area (Å²) in [5.41, 5.74) is 0.500. The highest BCUT2D eigenvalue weighted by Gasteiger charge is 2.34. The molecule has 3 rings (SSSR count). The smallest absolute Gasteiger partial charge is 0.417 e. The van der Waals surface area contributed by atoms with Crippen molar-refractivity contribution in [1.29, 1.82) is 0 Å². The van der Waals surface area contributed by atoms with Crippen LogP contribution in [0.4, 0.5) is 23.2 Å². The minimum Gasteiger partial charge on any atom is -0.495 e. The predicted molar refractivity (Wildman–Crippen MR) is 115 cm³/mol. The van der Waals surface area contributed by atoms with Crippen molar-refractivity contribution in [1.82, 2.24) is 0 Å². The number of nitrogens with two attached hydrogens (primary N) is 1. The van der Waals surface area contributed by atoms with Crippen molar-refractivity contribution in [2.24, 2.45) is 5.14 Å². The zero-order valence-corrected chi connectivity index (χ0v) is 17.5. The summed E-state index contributed by atoms with van der Waals surface area (Å²) >= 11 is 1.19. The molecular weight excluding hydrogens is 432 g/mol. The average molecular weight is 452 g/mol. The van der Waals surface area contributed by atoms with E-state index in [-0.39, 0.29) is 11.1 Å². The fraction of sp³-hybridized carbons (Fsp3) is 0.136. The maximum atomic E-state index is 13.0. The second kappa shape index (κ2) is 10.8. The zero-order valence-electron chi connectivity index (χ0n) is 16.7. The monoisotopic (exact) mass is 452 g/mol. The Morgan fingerprint density at radius 2 is 1.71 bits per heavy atom. The van der Waals surface area contributed by atoms with Gasteiger partial charge in [-0.05, 0) is 47.3 Å². The van der Waals surface area contributed by atoms with Gasteiger partial charge >= 0.3 is 6.18 Å². The first kappa shape index (κ1) is 24.2. The van der Waals surface area contributed by atoms with E-state index in [0.717, 1.165) is 28.5 Å². The molecule has 3 aromatic rings. The Hall–Kier alpha value is -3.04. The van der Waals surface area contributed by atoms with Gasteiger partial charge in [-0.3, -0.25) is 9.93 Å². The van der Waals surface area contributed by atoms with Crippen LogP contribution in [0.15, 0.2) is 65.6 Å². The molecule has 0 radical (unpaired) electrons. The second-order valence-corrected chi connectivity index (χ2v) is 6.84. The molecule has 9 heteroatoms. The van der Waals surface area contributed by atoms with Crippen LogP contribution in [0.3, 0.4) is 0 Å². The van der Waals surface area contributed by atoms with E-state index in [1.807, 2.05) is 25.2 Å². The number of rotatable bonds is 5. The van der Waals surface area contributed by atoms with Crippen molar-refractivity contribution in [3.05, 3.63) is 77.6 Å². The summed E-state index contributed by atoms with van der Waals surface area (Å²) in [5.74, 6) is -0.144. The number of benzene rings is 3. The van der Waals surface area contributed by atoms with Crippen LogP contribution in [-0.2, 0) is 6.18 Å². The number of hydrogen-bond acceptors (Lipinski definition) is 5. The lowest BCUT2D eigenvalue weighted by Gasteiger charge is -2.13. The number of alkyl halides is 3. The molecule has 0 fully saturated rings. The highest BCUT2D eigenvalue weighted by Crippen LogP contribution is 2.37. The Morgan fingerprint density at radius 3 is 2.23 bits per heavy atom. The van der Waals surface area contributed by atoms with Crippen molar-refractivity contribution < 1.29 is 27.1 Å². The molecule has 0 aliphatic heterocycles. The van der Waals surface area contributed by atoms with Gasteiger partial charge in [0.1, 0.15) is 17.9 Å². The molecule has 0 amide bonds. The summed E-state index contributed by atoms with van der Waals surface area (Å²) in [5, 5.41) is 8.46. The van der Waals surface area contributed by atoms with Crippen molar-refractivity contribution in [2.45, 2.75) is 11.1 Å². The Labute approximate surface area is 181 Å². The van der Waals surface area contributed by atoms with E-state index in [2.05, 4.69) is 5.32 Å². The third kappa shape index (κ3) is 6.47. The summed E-state index contributed by atoms with van der Waals surface area (Å²) in [6.45, 7) is 0. The van der Waals surface area contributed by atoms with Crippen LogP contribution in [0.1, 0.15) is 15.9 Å². The number of hydrogen-bond donors (Lipinski definition) is 2. The lowest BCUT2D eigenvalue weighted by atomic mass is 9.98. The third-order valence-corrected chi connectivity index (χ3v) is 4.82. The number of anilines is 1. The standard InChI is InChI=1S/C14H8F4O.C8H12N2OS/c15-11-5-6-12(13(7-11)14(16,17)18)10-3-1-9(8-19)2-4-10;1-10-6-3-4-8(12-9)7(5-6)11-2/h1-8H;3-5,10H,9H2,1-2H3. The van der Waals surface area contributed by atoms with Gasteiger partial charge < -0.3 is 10.1 Å². The van der Waals surface area contributed by atoms with Gasteiger partial charge in [-0.15, -0.1) is 0 Å². The molecule has 0 unspecified atom stereocenters. The molecule has 0 bridgehead atoms. The first-order valence-corrected chi connectivity index (χ1v) is 9.76. The lowest BCUT2D eigenvalue weighted by molar-refractivity contribution is -0.137. The lowest BCUT2D eigenvalue weighted by Crippen LogP contribution is -2.07. The van der Waals surface area contributed by atoms with E-state index in [9.17, 15) is 22.4 Å². The van der Waals surface area contributed by atoms with Crippen molar-refractivity contribution in [3.8, 4) is 16.9 Å². The number of nitrogens with one attached hydrogen (secondary N) is 1. The predicted octanol–water partition coefficient (Wildman–Crippen LogP) is 6.03. The quantitative estimate of drug-likeness (QED) is 0.281. The van der Waals surface area contributed by atoms with Gasteiger partial charge in [0.25, 0.3) is 0 Å². The summed E-state index contributed by atoms with van der Waals surface area (Å²) in [7, 11) is 3.50. The highest BCUT2D eigenvalue weighted by molar-refractivity contribution is 7.97. The Kier molecular flexibility index (Phi) is 8.47. The molecule has 0 saturated carbocycles. The number of carbonyl (C=O) groups is 1. The molecule has 0 aliphatic carbocycles. The van der Waals surface area contributed by atoms with Gasteiger partial charge in [0.05, 0.1) is 17.6 Å². The first-order valence-electron chi connectivity index (χ1n) is 8.88. The van der Waals surface area contributed by atoms with Gasteiger partial charge in [0, 0.05) is 24.4 Å². The second-order valence-electron chi connectivity index (χ2n) is 6.16. The van der Waals surface area contributed by atoms with E-state index in [1.165, 1.54) is 36.2 Å². The third-order valence-electron chi connectivity index (χ3n) is 4.22. The van der Waals surface area contributed by atoms with Crippen molar-refractivity contribution in [3.63, 3.8) is 0 Å². The van der Waals surface area contributed by atoms with Crippen LogP contribution >= 0.6 is 11.9 Å². The normalized spacial score (nSPS) is 10.7. The first-order chi connectivity index (χ1) is 14.7. The molecule has 3 N–H and O–H groups in total. The average Bonchev–Trinajstić information content (AvgIpc) is 2.78. The molecule has 0 atom stereocenters. The van der Waals surface area contributed by atoms with Gasteiger partial charge in [0.15, 0.2) is 0 Å². The summed E-state index contributed by atoms with van der Waals surface area (Å²) in [4.78, 5) is 11.4. The van der Waals surface area contributed by atoms with Crippen LogP contribution in [0.25, 0.3) is 11.1 Å². The molecule has 0 aliphatic rings. The zero-order chi connectivity index (χ0) is 23.0. The van der Waals surface area contributed by atoms with Crippen LogP contribution < -0.4 is 15.2 Å². The molecule has 0 saturated heterocycles. The van der Waals surface area contributed by atoms with E-state index in [0.29, 0.717) is 17.9 Å². The molecule has 0 heterocycles. The maximum Gasteiger partial charge on any atom is 0.417 e. The minimum atomic E-state index is -4.64. The van der Waals surface area contributed by atoms with Crippen LogP contribution in [0, 0.1) is 5.82 Å². The summed E-state index contributed by atoms with van der Waals surface area (Å²) in [6.07, 6.45) is -4.04. The fourth-order valence-electron chi connectivity index (χ4n) is 2.66. The Balaban J connectivity index is 0.000000245. The van der Waals surface area contributed by atoms with Crippen LogP contribution in [-0.4, -0.2) is 20.4 Å². The SMILES string of the molecule is CNc1ccc(SN)c(OC)c1.O=Cc1ccc(-c2ccc(F)cc2C(F)(F)F)cc1. The number of methoxy groups -OCH3 is 1. The molecule has 4 nitrogen and oxygen atoms in total. The largest absolute Gasteiger partial charge is 0.495 e. The van der Waals surface area contributed by atoms with Gasteiger partial charge in [-0.2, -0.15) is 13.2 Å². The van der Waals surface area contributed by atoms with Gasteiger partial charge in [-0.25, -0.2) is 4.39 Å².